The van der Waals surface area contributed by atoms with E-state index in [1.165, 1.54) is 17.0 Å². The number of aliphatic hydroxyl groups excluding tert-OH is 1. The summed E-state index contributed by atoms with van der Waals surface area (Å²) >= 11 is 11.6. The van der Waals surface area contributed by atoms with Crippen molar-refractivity contribution in [2.45, 2.75) is 6.92 Å². The second kappa shape index (κ2) is 8.85. The minimum absolute atomic E-state index is 0.0162. The number of aliphatic imine (C=N–C) groups is 1. The molecule has 8 nitrogen and oxygen atoms in total. The van der Waals surface area contributed by atoms with Crippen LogP contribution in [0, 0.1) is 15.9 Å². The van der Waals surface area contributed by atoms with E-state index in [4.69, 9.17) is 27.9 Å². The minimum atomic E-state index is -0.978. The molecule has 1 heterocycles. The maximum absolute atomic E-state index is 13.8. The summed E-state index contributed by atoms with van der Waals surface area (Å²) in [6.45, 7) is 1.53. The third-order valence-electron chi connectivity index (χ3n) is 3.46. The highest BCUT2D eigenvalue weighted by molar-refractivity contribution is 6.36. The van der Waals surface area contributed by atoms with Crippen LogP contribution in [0.3, 0.4) is 0 Å². The SMILES string of the molecule is CCOC(=O)/C(C=Nc1cn(C)cc1[N+](=O)[O-])=C(\O)c1cc(F)c(Cl)cc1Cl. The van der Waals surface area contributed by atoms with Gasteiger partial charge in [0.05, 0.1) is 27.8 Å². The van der Waals surface area contributed by atoms with Crippen LogP contribution in [-0.2, 0) is 16.6 Å². The average molecular weight is 430 g/mol. The van der Waals surface area contributed by atoms with Crippen LogP contribution in [0.2, 0.25) is 10.0 Å². The van der Waals surface area contributed by atoms with Crippen molar-refractivity contribution in [1.29, 1.82) is 0 Å². The quantitative estimate of drug-likeness (QED) is 0.137. The first-order valence-corrected chi connectivity index (χ1v) is 8.51. The number of carbonyl (C=O) groups excluding carboxylic acids is 1. The van der Waals surface area contributed by atoms with Gasteiger partial charge in [0.1, 0.15) is 17.1 Å². The molecule has 0 aliphatic rings. The molecule has 0 fully saturated rings. The molecule has 0 saturated carbocycles. The first kappa shape index (κ1) is 21.4. The predicted octanol–water partition coefficient (Wildman–Crippen LogP) is 4.61. The number of esters is 1. The summed E-state index contributed by atoms with van der Waals surface area (Å²) < 4.78 is 20.0. The van der Waals surface area contributed by atoms with Crippen molar-refractivity contribution in [2.75, 3.05) is 6.61 Å². The molecule has 148 valence electrons. The molecule has 1 aromatic heterocycles. The summed E-state index contributed by atoms with van der Waals surface area (Å²) in [5, 5.41) is 21.2. The van der Waals surface area contributed by atoms with Crippen molar-refractivity contribution in [2.24, 2.45) is 12.0 Å². The van der Waals surface area contributed by atoms with E-state index in [2.05, 4.69) is 4.99 Å². The zero-order valence-corrected chi connectivity index (χ0v) is 16.2. The summed E-state index contributed by atoms with van der Waals surface area (Å²) in [5.74, 6) is -2.57. The van der Waals surface area contributed by atoms with Gasteiger partial charge in [-0.05, 0) is 19.1 Å². The van der Waals surface area contributed by atoms with Gasteiger partial charge in [-0.25, -0.2) is 14.2 Å². The Morgan fingerprint density at radius 3 is 2.68 bits per heavy atom. The molecule has 2 aromatic rings. The maximum atomic E-state index is 13.8. The van der Waals surface area contributed by atoms with E-state index < -0.39 is 28.0 Å². The van der Waals surface area contributed by atoms with Crippen molar-refractivity contribution in [3.8, 4) is 0 Å². The van der Waals surface area contributed by atoms with Gasteiger partial charge in [-0.1, -0.05) is 23.2 Å². The molecular formula is C17H14Cl2FN3O5. The maximum Gasteiger partial charge on any atom is 0.343 e. The molecule has 0 aliphatic heterocycles. The van der Waals surface area contributed by atoms with Gasteiger partial charge in [0, 0.05) is 25.0 Å². The van der Waals surface area contributed by atoms with E-state index in [9.17, 15) is 24.4 Å². The van der Waals surface area contributed by atoms with E-state index in [1.807, 2.05) is 0 Å². The number of ether oxygens (including phenoxy) is 1. The highest BCUT2D eigenvalue weighted by atomic mass is 35.5. The van der Waals surface area contributed by atoms with Crippen molar-refractivity contribution in [3.05, 3.63) is 61.6 Å². The Morgan fingerprint density at radius 2 is 2.07 bits per heavy atom. The molecule has 11 heteroatoms. The Morgan fingerprint density at radius 1 is 1.39 bits per heavy atom. The Kier molecular flexibility index (Phi) is 6.76. The number of aryl methyl sites for hydroxylation is 1. The lowest BCUT2D eigenvalue weighted by Crippen LogP contribution is -2.11. The van der Waals surface area contributed by atoms with Crippen LogP contribution >= 0.6 is 23.2 Å². The van der Waals surface area contributed by atoms with Crippen molar-refractivity contribution < 1.29 is 24.0 Å². The Labute approximate surface area is 168 Å². The monoisotopic (exact) mass is 429 g/mol. The summed E-state index contributed by atoms with van der Waals surface area (Å²) in [4.78, 5) is 26.6. The van der Waals surface area contributed by atoms with Crippen LogP contribution in [-0.4, -0.2) is 33.4 Å². The lowest BCUT2D eigenvalue weighted by molar-refractivity contribution is -0.384. The van der Waals surface area contributed by atoms with Crippen molar-refractivity contribution >= 4 is 52.5 Å². The molecule has 0 spiro atoms. The number of benzene rings is 1. The number of halogens is 3. The van der Waals surface area contributed by atoms with E-state index >= 15 is 0 Å². The molecule has 1 aromatic carbocycles. The lowest BCUT2D eigenvalue weighted by Gasteiger charge is -2.09. The largest absolute Gasteiger partial charge is 0.506 e. The lowest BCUT2D eigenvalue weighted by atomic mass is 10.1. The van der Waals surface area contributed by atoms with Gasteiger partial charge in [-0.15, -0.1) is 0 Å². The van der Waals surface area contributed by atoms with E-state index in [0.717, 1.165) is 18.3 Å². The van der Waals surface area contributed by atoms with Gasteiger partial charge in [-0.2, -0.15) is 0 Å². The fraction of sp³-hybridized carbons (Fsp3) is 0.176. The summed E-state index contributed by atoms with van der Waals surface area (Å²) in [6.07, 6.45) is 3.47. The highest BCUT2D eigenvalue weighted by Gasteiger charge is 2.21. The molecular weight excluding hydrogens is 416 g/mol. The van der Waals surface area contributed by atoms with Gasteiger partial charge in [0.15, 0.2) is 5.69 Å². The smallest absolute Gasteiger partial charge is 0.343 e. The molecule has 0 atom stereocenters. The van der Waals surface area contributed by atoms with Gasteiger partial charge < -0.3 is 14.4 Å². The van der Waals surface area contributed by atoms with Crippen LogP contribution < -0.4 is 0 Å². The number of aliphatic hydroxyl groups is 1. The molecule has 1 N–H and O–H groups in total. The number of hydrogen-bond acceptors (Lipinski definition) is 6. The van der Waals surface area contributed by atoms with Crippen molar-refractivity contribution in [3.63, 3.8) is 0 Å². The van der Waals surface area contributed by atoms with Crippen LogP contribution in [0.1, 0.15) is 12.5 Å². The summed E-state index contributed by atoms with van der Waals surface area (Å²) in [5.41, 5.74) is -1.06. The Bertz CT molecular complexity index is 1000. The van der Waals surface area contributed by atoms with Crippen LogP contribution in [0.15, 0.2) is 35.1 Å². The van der Waals surface area contributed by atoms with Gasteiger partial charge >= 0.3 is 11.7 Å². The molecule has 2 rings (SSSR count). The summed E-state index contributed by atoms with van der Waals surface area (Å²) in [6, 6.07) is 1.91. The standard InChI is InChI=1S/C17H14Cl2FN3O5/c1-3-28-17(25)10(6-21-14-7-22(2)8-15(14)23(26)27)16(24)9-4-13(20)12(19)5-11(9)18/h4-8,24H,3H2,1-2H3/b16-10-,21-6?. The van der Waals surface area contributed by atoms with E-state index in [0.29, 0.717) is 0 Å². The Balaban J connectivity index is 2.60. The summed E-state index contributed by atoms with van der Waals surface area (Å²) in [7, 11) is 1.56. The number of nitro groups is 1. The van der Waals surface area contributed by atoms with E-state index in [-0.39, 0.29) is 33.6 Å². The van der Waals surface area contributed by atoms with Crippen LogP contribution in [0.25, 0.3) is 5.76 Å². The predicted molar refractivity (Wildman–Crippen MR) is 103 cm³/mol. The van der Waals surface area contributed by atoms with Gasteiger partial charge in [0.2, 0.25) is 0 Å². The highest BCUT2D eigenvalue weighted by Crippen LogP contribution is 2.31. The fourth-order valence-corrected chi connectivity index (χ4v) is 2.67. The number of aromatic nitrogens is 1. The zero-order valence-electron chi connectivity index (χ0n) is 14.6. The second-order valence-electron chi connectivity index (χ2n) is 5.44. The number of carbonyl (C=O) groups is 1. The average Bonchev–Trinajstić information content (AvgIpc) is 2.99. The first-order valence-electron chi connectivity index (χ1n) is 7.75. The van der Waals surface area contributed by atoms with Gasteiger partial charge in [-0.3, -0.25) is 10.1 Å². The zero-order chi connectivity index (χ0) is 21.0. The minimum Gasteiger partial charge on any atom is -0.506 e. The number of nitrogens with zero attached hydrogens (tertiary/aromatic N) is 3. The number of hydrogen-bond donors (Lipinski definition) is 1. The van der Waals surface area contributed by atoms with Crippen molar-refractivity contribution in [1.82, 2.24) is 4.57 Å². The molecule has 0 radical (unpaired) electrons. The topological polar surface area (TPSA) is 107 Å². The molecule has 28 heavy (non-hydrogen) atoms. The third kappa shape index (κ3) is 4.68. The first-order chi connectivity index (χ1) is 13.1. The molecule has 0 saturated heterocycles. The molecule has 0 bridgehead atoms. The van der Waals surface area contributed by atoms with Crippen LogP contribution in [0.4, 0.5) is 15.8 Å². The third-order valence-corrected chi connectivity index (χ3v) is 4.06. The molecule has 0 unspecified atom stereocenters. The number of rotatable bonds is 6. The Hall–Kier alpha value is -2.91. The molecule has 0 amide bonds. The van der Waals surface area contributed by atoms with E-state index in [1.54, 1.807) is 14.0 Å². The second-order valence-corrected chi connectivity index (χ2v) is 6.25. The fourth-order valence-electron chi connectivity index (χ4n) is 2.20. The van der Waals surface area contributed by atoms with Crippen LogP contribution in [0.5, 0.6) is 0 Å². The van der Waals surface area contributed by atoms with Gasteiger partial charge in [0.25, 0.3) is 0 Å². The normalized spacial score (nSPS) is 12.2. The molecule has 0 aliphatic carbocycles.